The topological polar surface area (TPSA) is 93.2 Å². The fourth-order valence-electron chi connectivity index (χ4n) is 1.53. The van der Waals surface area contributed by atoms with Crippen LogP contribution in [-0.2, 0) is 9.47 Å². The van der Waals surface area contributed by atoms with Gasteiger partial charge in [0.05, 0.1) is 12.7 Å². The lowest BCUT2D eigenvalue weighted by molar-refractivity contribution is 0.0365. The molecule has 0 aliphatic carbocycles. The average Bonchev–Trinajstić information content (AvgIpc) is 2.33. The molecule has 100 valence electrons. The molecule has 1 heterocycles. The minimum atomic E-state index is -0.0434. The maximum absolute atomic E-state index is 7.43. The third-order valence-electron chi connectivity index (χ3n) is 2.46. The molecule has 0 spiro atoms. The Bertz CT molecular complexity index is 409. The van der Waals surface area contributed by atoms with Crippen molar-refractivity contribution in [2.75, 3.05) is 32.7 Å². The van der Waals surface area contributed by atoms with Crippen LogP contribution in [0.3, 0.4) is 0 Å². The van der Waals surface area contributed by atoms with Crippen LogP contribution in [0.2, 0.25) is 0 Å². The maximum Gasteiger partial charge on any atom is 0.127 e. The summed E-state index contributed by atoms with van der Waals surface area (Å²) >= 11 is 0. The van der Waals surface area contributed by atoms with Gasteiger partial charge >= 0.3 is 0 Å². The highest BCUT2D eigenvalue weighted by atomic mass is 16.5. The van der Waals surface area contributed by atoms with E-state index in [1.54, 1.807) is 26.4 Å². The van der Waals surface area contributed by atoms with Gasteiger partial charge in [0.2, 0.25) is 0 Å². The smallest absolute Gasteiger partial charge is 0.127 e. The number of hydrogen-bond donors (Lipinski definition) is 3. The number of anilines is 1. The molecule has 1 rings (SSSR count). The molecular formula is C12H20N4O2. The standard InChI is InChI=1S/C12H20N4O2/c1-8-4-9(12(13)14)5-11(16-8)15-6-10(18-3)7-17-2/h4-5,10H,6-7H2,1-3H3,(H3,13,14)(H,15,16). The van der Waals surface area contributed by atoms with Crippen molar-refractivity contribution >= 4 is 11.7 Å². The summed E-state index contributed by atoms with van der Waals surface area (Å²) in [6, 6.07) is 3.52. The number of nitrogen functional groups attached to an aromatic ring is 1. The molecule has 0 radical (unpaired) electrons. The largest absolute Gasteiger partial charge is 0.384 e. The second kappa shape index (κ2) is 6.93. The molecule has 0 bridgehead atoms. The number of rotatable bonds is 7. The number of nitrogens with one attached hydrogen (secondary N) is 2. The fourth-order valence-corrected chi connectivity index (χ4v) is 1.53. The van der Waals surface area contributed by atoms with E-state index in [1.165, 1.54) is 0 Å². The molecule has 4 N–H and O–H groups in total. The predicted molar refractivity (Wildman–Crippen MR) is 71.2 cm³/mol. The summed E-state index contributed by atoms with van der Waals surface area (Å²) in [6.07, 6.45) is -0.0434. The Morgan fingerprint density at radius 1 is 1.50 bits per heavy atom. The number of aryl methyl sites for hydroxylation is 1. The Hall–Kier alpha value is -1.66. The molecular weight excluding hydrogens is 232 g/mol. The number of nitrogens with two attached hydrogens (primary N) is 1. The Labute approximate surface area is 107 Å². The van der Waals surface area contributed by atoms with E-state index >= 15 is 0 Å². The molecule has 6 nitrogen and oxygen atoms in total. The van der Waals surface area contributed by atoms with Crippen LogP contribution in [-0.4, -0.2) is 44.3 Å². The molecule has 0 fully saturated rings. The van der Waals surface area contributed by atoms with Crippen LogP contribution < -0.4 is 11.1 Å². The highest BCUT2D eigenvalue weighted by Gasteiger charge is 2.08. The zero-order chi connectivity index (χ0) is 13.5. The summed E-state index contributed by atoms with van der Waals surface area (Å²) in [5.74, 6) is 0.710. The molecule has 18 heavy (non-hydrogen) atoms. The van der Waals surface area contributed by atoms with E-state index in [2.05, 4.69) is 10.3 Å². The lowest BCUT2D eigenvalue weighted by Gasteiger charge is -2.16. The van der Waals surface area contributed by atoms with Crippen LogP contribution in [0.15, 0.2) is 12.1 Å². The third kappa shape index (κ3) is 4.31. The van der Waals surface area contributed by atoms with Crippen LogP contribution in [0.25, 0.3) is 0 Å². The molecule has 0 saturated carbocycles. The van der Waals surface area contributed by atoms with Gasteiger partial charge in [-0.05, 0) is 19.1 Å². The lowest BCUT2D eigenvalue weighted by Crippen LogP contribution is -2.27. The van der Waals surface area contributed by atoms with E-state index in [-0.39, 0.29) is 11.9 Å². The van der Waals surface area contributed by atoms with E-state index in [0.717, 1.165) is 5.69 Å². The van der Waals surface area contributed by atoms with Gasteiger partial charge in [0, 0.05) is 32.0 Å². The summed E-state index contributed by atoms with van der Waals surface area (Å²) in [5.41, 5.74) is 6.93. The van der Waals surface area contributed by atoms with E-state index in [9.17, 15) is 0 Å². The normalized spacial score (nSPS) is 12.2. The average molecular weight is 252 g/mol. The first kappa shape index (κ1) is 14.4. The highest BCUT2D eigenvalue weighted by molar-refractivity contribution is 5.95. The molecule has 6 heteroatoms. The number of aromatic nitrogens is 1. The van der Waals surface area contributed by atoms with Crippen LogP contribution >= 0.6 is 0 Å². The second-order valence-corrected chi connectivity index (χ2v) is 3.99. The van der Waals surface area contributed by atoms with Crippen molar-refractivity contribution < 1.29 is 9.47 Å². The van der Waals surface area contributed by atoms with Crippen molar-refractivity contribution in [2.24, 2.45) is 5.73 Å². The highest BCUT2D eigenvalue weighted by Crippen LogP contribution is 2.10. The van der Waals surface area contributed by atoms with Crippen LogP contribution in [0, 0.1) is 12.3 Å². The first-order valence-electron chi connectivity index (χ1n) is 5.65. The van der Waals surface area contributed by atoms with Gasteiger partial charge < -0.3 is 20.5 Å². The minimum Gasteiger partial charge on any atom is -0.384 e. The van der Waals surface area contributed by atoms with Gasteiger partial charge in [0.15, 0.2) is 0 Å². The van der Waals surface area contributed by atoms with Gasteiger partial charge in [-0.2, -0.15) is 0 Å². The molecule has 1 aromatic heterocycles. The summed E-state index contributed by atoms with van der Waals surface area (Å²) in [6.45, 7) is 2.95. The second-order valence-electron chi connectivity index (χ2n) is 3.99. The van der Waals surface area contributed by atoms with Gasteiger partial charge in [-0.15, -0.1) is 0 Å². The van der Waals surface area contributed by atoms with E-state index in [0.29, 0.717) is 24.5 Å². The molecule has 0 amide bonds. The predicted octanol–water partition coefficient (Wildman–Crippen LogP) is 0.747. The zero-order valence-corrected chi connectivity index (χ0v) is 11.0. The van der Waals surface area contributed by atoms with E-state index < -0.39 is 0 Å². The summed E-state index contributed by atoms with van der Waals surface area (Å²) < 4.78 is 10.3. The maximum atomic E-state index is 7.43. The van der Waals surface area contributed by atoms with Crippen molar-refractivity contribution in [2.45, 2.75) is 13.0 Å². The molecule has 0 saturated heterocycles. The number of ether oxygens (including phenoxy) is 2. The quantitative estimate of drug-likeness (QED) is 0.492. The van der Waals surface area contributed by atoms with Gasteiger partial charge in [-0.25, -0.2) is 4.98 Å². The Balaban J connectivity index is 2.69. The third-order valence-corrected chi connectivity index (χ3v) is 2.46. The van der Waals surface area contributed by atoms with E-state index in [4.69, 9.17) is 20.6 Å². The molecule has 0 aromatic carbocycles. The Morgan fingerprint density at radius 3 is 2.78 bits per heavy atom. The summed E-state index contributed by atoms with van der Waals surface area (Å²) in [5, 5.41) is 10.6. The first-order valence-corrected chi connectivity index (χ1v) is 5.65. The fraction of sp³-hybridized carbons (Fsp3) is 0.500. The molecule has 0 aliphatic rings. The Kier molecular flexibility index (Phi) is 5.54. The van der Waals surface area contributed by atoms with Crippen molar-refractivity contribution in [1.29, 1.82) is 5.41 Å². The Morgan fingerprint density at radius 2 is 2.22 bits per heavy atom. The van der Waals surface area contributed by atoms with Crippen LogP contribution in [0.1, 0.15) is 11.3 Å². The summed E-state index contributed by atoms with van der Waals surface area (Å²) in [4.78, 5) is 4.32. The van der Waals surface area contributed by atoms with Gasteiger partial charge in [-0.1, -0.05) is 0 Å². The zero-order valence-electron chi connectivity index (χ0n) is 11.0. The molecule has 1 unspecified atom stereocenters. The first-order chi connectivity index (χ1) is 8.56. The molecule has 1 aromatic rings. The molecule has 0 aliphatic heterocycles. The SMILES string of the molecule is COCC(CNc1cc(C(=N)N)cc(C)n1)OC. The number of amidine groups is 1. The van der Waals surface area contributed by atoms with Crippen molar-refractivity contribution in [3.63, 3.8) is 0 Å². The monoisotopic (exact) mass is 252 g/mol. The van der Waals surface area contributed by atoms with Crippen LogP contribution in [0.5, 0.6) is 0 Å². The van der Waals surface area contributed by atoms with Crippen molar-refractivity contribution in [1.82, 2.24) is 4.98 Å². The van der Waals surface area contributed by atoms with Gasteiger partial charge in [0.1, 0.15) is 11.7 Å². The van der Waals surface area contributed by atoms with Gasteiger partial charge in [0.25, 0.3) is 0 Å². The van der Waals surface area contributed by atoms with Crippen LogP contribution in [0.4, 0.5) is 5.82 Å². The van der Waals surface area contributed by atoms with Crippen molar-refractivity contribution in [3.8, 4) is 0 Å². The minimum absolute atomic E-state index is 0.0312. The number of hydrogen-bond acceptors (Lipinski definition) is 5. The van der Waals surface area contributed by atoms with E-state index in [1.807, 2.05) is 6.92 Å². The number of pyridine rings is 1. The summed E-state index contributed by atoms with van der Waals surface area (Å²) in [7, 11) is 3.26. The lowest BCUT2D eigenvalue weighted by atomic mass is 10.2. The van der Waals surface area contributed by atoms with Gasteiger partial charge in [-0.3, -0.25) is 5.41 Å². The number of nitrogens with zero attached hydrogens (tertiary/aromatic N) is 1. The number of methoxy groups -OCH3 is 2. The molecule has 1 atom stereocenters. The van der Waals surface area contributed by atoms with Crippen molar-refractivity contribution in [3.05, 3.63) is 23.4 Å².